The minimum Gasteiger partial charge on any atom is -0.390 e. The molecule has 0 unspecified atom stereocenters. The molecule has 6 heteroatoms. The zero-order valence-electron chi connectivity index (χ0n) is 16.0. The first-order valence-corrected chi connectivity index (χ1v) is 9.73. The fourth-order valence-electron chi connectivity index (χ4n) is 4.32. The molecule has 1 spiro atoms. The SMILES string of the molecule is Cc1cc(C)n(-c2cccc(C(=O)N3CCC4(CC3)OCCC[C@@H]4O)c2)n1. The minimum atomic E-state index is -0.458. The molecule has 1 aromatic carbocycles. The maximum atomic E-state index is 13.0. The van der Waals surface area contributed by atoms with E-state index >= 15 is 0 Å². The lowest BCUT2D eigenvalue weighted by atomic mass is 9.82. The van der Waals surface area contributed by atoms with Crippen molar-refractivity contribution in [2.24, 2.45) is 0 Å². The summed E-state index contributed by atoms with van der Waals surface area (Å²) in [5.74, 6) is 0.0264. The zero-order chi connectivity index (χ0) is 19.0. The van der Waals surface area contributed by atoms with Crippen LogP contribution in [0.25, 0.3) is 5.69 Å². The topological polar surface area (TPSA) is 67.6 Å². The highest BCUT2D eigenvalue weighted by Crippen LogP contribution is 2.35. The number of hydrogen-bond donors (Lipinski definition) is 1. The van der Waals surface area contributed by atoms with Crippen LogP contribution >= 0.6 is 0 Å². The Labute approximate surface area is 159 Å². The van der Waals surface area contributed by atoms with E-state index in [4.69, 9.17) is 4.74 Å². The molecule has 27 heavy (non-hydrogen) atoms. The zero-order valence-corrected chi connectivity index (χ0v) is 16.0. The van der Waals surface area contributed by atoms with Gasteiger partial charge in [-0.15, -0.1) is 0 Å². The summed E-state index contributed by atoms with van der Waals surface area (Å²) < 4.78 is 7.81. The molecule has 2 saturated heterocycles. The standard InChI is InChI=1S/C21H27N3O3/c1-15-13-16(2)24(22-15)18-6-3-5-17(14-18)20(26)23-10-8-21(9-11-23)19(25)7-4-12-27-21/h3,5-6,13-14,19,25H,4,7-12H2,1-2H3/t19-/m0/s1. The fourth-order valence-corrected chi connectivity index (χ4v) is 4.32. The Morgan fingerprint density at radius 2 is 2.04 bits per heavy atom. The van der Waals surface area contributed by atoms with E-state index in [1.807, 2.05) is 53.8 Å². The lowest BCUT2D eigenvalue weighted by Gasteiger charge is -2.46. The second-order valence-corrected chi connectivity index (χ2v) is 7.75. The first kappa shape index (κ1) is 18.2. The third-order valence-corrected chi connectivity index (χ3v) is 5.86. The van der Waals surface area contributed by atoms with E-state index in [0.717, 1.165) is 29.9 Å². The van der Waals surface area contributed by atoms with E-state index in [1.165, 1.54) is 0 Å². The van der Waals surface area contributed by atoms with Gasteiger partial charge in [-0.25, -0.2) is 4.68 Å². The fraction of sp³-hybridized carbons (Fsp3) is 0.524. The maximum absolute atomic E-state index is 13.0. The number of benzene rings is 1. The quantitative estimate of drug-likeness (QED) is 0.884. The number of piperidine rings is 1. The summed E-state index contributed by atoms with van der Waals surface area (Å²) >= 11 is 0. The molecule has 1 aromatic heterocycles. The van der Waals surface area contributed by atoms with Crippen LogP contribution in [0.2, 0.25) is 0 Å². The summed E-state index contributed by atoms with van der Waals surface area (Å²) in [5, 5.41) is 14.9. The smallest absolute Gasteiger partial charge is 0.253 e. The van der Waals surface area contributed by atoms with Crippen molar-refractivity contribution in [1.82, 2.24) is 14.7 Å². The van der Waals surface area contributed by atoms with Crippen molar-refractivity contribution in [2.75, 3.05) is 19.7 Å². The van der Waals surface area contributed by atoms with Gasteiger partial charge >= 0.3 is 0 Å². The van der Waals surface area contributed by atoms with Crippen LogP contribution in [-0.2, 0) is 4.74 Å². The summed E-state index contributed by atoms with van der Waals surface area (Å²) in [5.41, 5.74) is 3.10. The van der Waals surface area contributed by atoms with E-state index in [1.54, 1.807) is 0 Å². The van der Waals surface area contributed by atoms with Gasteiger partial charge in [0.1, 0.15) is 0 Å². The Hall–Kier alpha value is -2.18. The van der Waals surface area contributed by atoms with Crippen LogP contribution < -0.4 is 0 Å². The normalized spacial score (nSPS) is 22.2. The van der Waals surface area contributed by atoms with Gasteiger partial charge in [0.25, 0.3) is 5.91 Å². The van der Waals surface area contributed by atoms with E-state index in [0.29, 0.717) is 38.1 Å². The molecule has 2 aromatic rings. The van der Waals surface area contributed by atoms with Gasteiger partial charge in [-0.2, -0.15) is 5.10 Å². The van der Waals surface area contributed by atoms with Crippen LogP contribution in [-0.4, -0.2) is 57.1 Å². The Morgan fingerprint density at radius 1 is 1.26 bits per heavy atom. The lowest BCUT2D eigenvalue weighted by Crippen LogP contribution is -2.56. The molecule has 2 aliphatic heterocycles. The predicted octanol–water partition coefficient (Wildman–Crippen LogP) is 2.64. The predicted molar refractivity (Wildman–Crippen MR) is 102 cm³/mol. The second kappa shape index (κ2) is 7.09. The minimum absolute atomic E-state index is 0.0264. The van der Waals surface area contributed by atoms with Gasteiger partial charge in [-0.05, 0) is 63.8 Å². The molecular weight excluding hydrogens is 342 g/mol. The molecule has 1 N–H and O–H groups in total. The van der Waals surface area contributed by atoms with Crippen LogP contribution in [0.5, 0.6) is 0 Å². The monoisotopic (exact) mass is 369 g/mol. The summed E-state index contributed by atoms with van der Waals surface area (Å²) in [7, 11) is 0. The molecule has 3 heterocycles. The molecule has 0 bridgehead atoms. The number of carbonyl (C=O) groups excluding carboxylic acids is 1. The van der Waals surface area contributed by atoms with Crippen molar-refractivity contribution in [2.45, 2.75) is 51.2 Å². The Kier molecular flexibility index (Phi) is 4.78. The number of aryl methyl sites for hydroxylation is 2. The van der Waals surface area contributed by atoms with E-state index in [9.17, 15) is 9.90 Å². The molecule has 1 atom stereocenters. The number of likely N-dealkylation sites (tertiary alicyclic amines) is 1. The van der Waals surface area contributed by atoms with Crippen LogP contribution in [0.15, 0.2) is 30.3 Å². The van der Waals surface area contributed by atoms with Gasteiger partial charge in [0.2, 0.25) is 0 Å². The molecule has 0 radical (unpaired) electrons. The summed E-state index contributed by atoms with van der Waals surface area (Å²) in [4.78, 5) is 14.9. The molecule has 0 saturated carbocycles. The van der Waals surface area contributed by atoms with E-state index in [-0.39, 0.29) is 5.91 Å². The molecule has 2 aliphatic rings. The number of carbonyl (C=O) groups is 1. The van der Waals surface area contributed by atoms with E-state index < -0.39 is 11.7 Å². The number of aliphatic hydroxyl groups is 1. The van der Waals surface area contributed by atoms with Gasteiger partial charge in [0, 0.05) is 31.0 Å². The molecule has 1 amide bonds. The number of amides is 1. The largest absolute Gasteiger partial charge is 0.390 e. The second-order valence-electron chi connectivity index (χ2n) is 7.75. The summed E-state index contributed by atoms with van der Waals surface area (Å²) in [6.07, 6.45) is 2.66. The number of hydrogen-bond acceptors (Lipinski definition) is 4. The van der Waals surface area contributed by atoms with Gasteiger partial charge in [0.15, 0.2) is 0 Å². The molecule has 2 fully saturated rings. The average molecular weight is 369 g/mol. The van der Waals surface area contributed by atoms with Crippen molar-refractivity contribution in [3.8, 4) is 5.69 Å². The van der Waals surface area contributed by atoms with Crippen molar-refractivity contribution in [3.63, 3.8) is 0 Å². The maximum Gasteiger partial charge on any atom is 0.253 e. The van der Waals surface area contributed by atoms with Crippen molar-refractivity contribution >= 4 is 5.91 Å². The Balaban J connectivity index is 1.49. The molecule has 4 rings (SSSR count). The highest BCUT2D eigenvalue weighted by Gasteiger charge is 2.44. The van der Waals surface area contributed by atoms with Crippen molar-refractivity contribution in [1.29, 1.82) is 0 Å². The molecular formula is C21H27N3O3. The number of nitrogens with zero attached hydrogens (tertiary/aromatic N) is 3. The van der Waals surface area contributed by atoms with Crippen LogP contribution in [0.4, 0.5) is 0 Å². The van der Waals surface area contributed by atoms with Crippen LogP contribution in [0.3, 0.4) is 0 Å². The average Bonchev–Trinajstić information content (AvgIpc) is 3.03. The first-order valence-electron chi connectivity index (χ1n) is 9.73. The third kappa shape index (κ3) is 3.39. The van der Waals surface area contributed by atoms with Gasteiger partial charge < -0.3 is 14.7 Å². The summed E-state index contributed by atoms with van der Waals surface area (Å²) in [6.45, 7) is 5.90. The highest BCUT2D eigenvalue weighted by atomic mass is 16.5. The van der Waals surface area contributed by atoms with Crippen molar-refractivity contribution < 1.29 is 14.6 Å². The molecule has 144 valence electrons. The first-order chi connectivity index (χ1) is 13.0. The van der Waals surface area contributed by atoms with Crippen molar-refractivity contribution in [3.05, 3.63) is 47.3 Å². The van der Waals surface area contributed by atoms with Crippen LogP contribution in [0, 0.1) is 13.8 Å². The lowest BCUT2D eigenvalue weighted by molar-refractivity contribution is -0.174. The number of aliphatic hydroxyl groups excluding tert-OH is 1. The number of aromatic nitrogens is 2. The Morgan fingerprint density at radius 3 is 2.70 bits per heavy atom. The summed E-state index contributed by atoms with van der Waals surface area (Å²) in [6, 6.07) is 9.64. The van der Waals surface area contributed by atoms with Crippen LogP contribution in [0.1, 0.15) is 47.4 Å². The Bertz CT molecular complexity index is 837. The highest BCUT2D eigenvalue weighted by molar-refractivity contribution is 5.94. The third-order valence-electron chi connectivity index (χ3n) is 5.86. The van der Waals surface area contributed by atoms with Gasteiger partial charge in [-0.1, -0.05) is 6.07 Å². The van der Waals surface area contributed by atoms with Gasteiger partial charge in [-0.3, -0.25) is 4.79 Å². The van der Waals surface area contributed by atoms with E-state index in [2.05, 4.69) is 5.10 Å². The van der Waals surface area contributed by atoms with Gasteiger partial charge in [0.05, 0.1) is 23.1 Å². The molecule has 6 nitrogen and oxygen atoms in total. The number of ether oxygens (including phenoxy) is 1. The number of rotatable bonds is 2. The molecule has 0 aliphatic carbocycles.